The number of nitrogens with one attached hydrogen (secondary N) is 1. The fourth-order valence-corrected chi connectivity index (χ4v) is 4.09. The van der Waals surface area contributed by atoms with E-state index < -0.39 is 0 Å². The first-order valence-corrected chi connectivity index (χ1v) is 10.5. The number of ether oxygens (including phenoxy) is 1. The van der Waals surface area contributed by atoms with Crippen molar-refractivity contribution in [3.05, 3.63) is 65.2 Å². The summed E-state index contributed by atoms with van der Waals surface area (Å²) in [7, 11) is 0. The van der Waals surface area contributed by atoms with Crippen LogP contribution in [0.3, 0.4) is 0 Å². The van der Waals surface area contributed by atoms with E-state index in [9.17, 15) is 4.79 Å². The maximum Gasteiger partial charge on any atom is 0.273 e. The lowest BCUT2D eigenvalue weighted by atomic mass is 10.0. The number of aromatic nitrogens is 4. The molecule has 5 rings (SSSR count). The maximum atomic E-state index is 13.3. The van der Waals surface area contributed by atoms with E-state index in [0.717, 1.165) is 22.5 Å². The third-order valence-corrected chi connectivity index (χ3v) is 5.74. The number of halogens is 1. The van der Waals surface area contributed by atoms with Gasteiger partial charge in [0.25, 0.3) is 5.91 Å². The van der Waals surface area contributed by atoms with Crippen molar-refractivity contribution >= 4 is 39.7 Å². The summed E-state index contributed by atoms with van der Waals surface area (Å²) in [6, 6.07) is 11.1. The fourth-order valence-electron chi connectivity index (χ4n) is 3.82. The van der Waals surface area contributed by atoms with E-state index >= 15 is 0 Å². The van der Waals surface area contributed by atoms with Crippen molar-refractivity contribution in [2.45, 2.75) is 13.0 Å². The Morgan fingerprint density at radius 1 is 1.19 bits per heavy atom. The van der Waals surface area contributed by atoms with Gasteiger partial charge in [0.05, 0.1) is 36.2 Å². The molecule has 1 aromatic carbocycles. The van der Waals surface area contributed by atoms with E-state index in [-0.39, 0.29) is 11.9 Å². The summed E-state index contributed by atoms with van der Waals surface area (Å²) in [6.45, 7) is 4.13. The van der Waals surface area contributed by atoms with Gasteiger partial charge in [-0.05, 0) is 30.5 Å². The van der Waals surface area contributed by atoms with Crippen molar-refractivity contribution in [3.8, 4) is 0 Å². The highest BCUT2D eigenvalue weighted by Crippen LogP contribution is 2.30. The second-order valence-corrected chi connectivity index (χ2v) is 7.84. The highest BCUT2D eigenvalue weighted by molar-refractivity contribution is 6.36. The van der Waals surface area contributed by atoms with Gasteiger partial charge in [0, 0.05) is 30.7 Å². The van der Waals surface area contributed by atoms with E-state index in [1.165, 1.54) is 0 Å². The normalized spacial score (nSPS) is 15.4. The molecule has 158 valence electrons. The number of anilines is 1. The number of amides is 1. The number of carbonyl (C=O) groups is 1. The molecule has 8 nitrogen and oxygen atoms in total. The molecule has 1 amide bonds. The van der Waals surface area contributed by atoms with Crippen LogP contribution in [0.2, 0.25) is 5.02 Å². The lowest BCUT2D eigenvalue weighted by Crippen LogP contribution is -2.41. The van der Waals surface area contributed by atoms with Crippen molar-refractivity contribution < 1.29 is 9.53 Å². The number of morpholine rings is 1. The van der Waals surface area contributed by atoms with Crippen LogP contribution in [0.5, 0.6) is 0 Å². The number of benzene rings is 1. The molecule has 9 heteroatoms. The van der Waals surface area contributed by atoms with Crippen LogP contribution in [0.4, 0.5) is 5.82 Å². The summed E-state index contributed by atoms with van der Waals surface area (Å²) in [5, 5.41) is 9.81. The Bertz CT molecular complexity index is 1270. The minimum atomic E-state index is -0.186. The van der Waals surface area contributed by atoms with Crippen molar-refractivity contribution in [1.82, 2.24) is 24.5 Å². The number of hydrogen-bond acceptors (Lipinski definition) is 6. The molecule has 0 bridgehead atoms. The van der Waals surface area contributed by atoms with Crippen LogP contribution in [-0.2, 0) is 4.74 Å². The van der Waals surface area contributed by atoms with Gasteiger partial charge in [-0.1, -0.05) is 23.7 Å². The van der Waals surface area contributed by atoms with Gasteiger partial charge in [-0.15, -0.1) is 0 Å². The van der Waals surface area contributed by atoms with E-state index in [1.54, 1.807) is 27.9 Å². The van der Waals surface area contributed by atoms with Crippen LogP contribution >= 0.6 is 11.6 Å². The molecule has 1 saturated heterocycles. The zero-order chi connectivity index (χ0) is 21.4. The molecule has 0 radical (unpaired) electrons. The van der Waals surface area contributed by atoms with Crippen LogP contribution in [-0.4, -0.2) is 56.7 Å². The van der Waals surface area contributed by atoms with E-state index in [0.29, 0.717) is 42.4 Å². The monoisotopic (exact) mass is 436 g/mol. The predicted molar refractivity (Wildman–Crippen MR) is 119 cm³/mol. The fraction of sp³-hybridized carbons (Fsp3) is 0.273. The first-order chi connectivity index (χ1) is 15.1. The van der Waals surface area contributed by atoms with Crippen LogP contribution in [0.25, 0.3) is 16.4 Å². The van der Waals surface area contributed by atoms with Crippen LogP contribution < -0.4 is 5.32 Å². The topological polar surface area (TPSA) is 84.7 Å². The summed E-state index contributed by atoms with van der Waals surface area (Å²) in [4.78, 5) is 24.2. The van der Waals surface area contributed by atoms with Crippen LogP contribution in [0.1, 0.15) is 29.1 Å². The molecule has 1 atom stereocenters. The number of carbonyl (C=O) groups excluding carboxylic acids is 1. The Kier molecular flexibility index (Phi) is 5.17. The smallest absolute Gasteiger partial charge is 0.273 e. The van der Waals surface area contributed by atoms with E-state index in [4.69, 9.17) is 21.3 Å². The highest BCUT2D eigenvalue weighted by Gasteiger charge is 2.24. The molecule has 31 heavy (non-hydrogen) atoms. The quantitative estimate of drug-likeness (QED) is 0.526. The molecule has 0 spiro atoms. The lowest BCUT2D eigenvalue weighted by molar-refractivity contribution is 0.0300. The largest absolute Gasteiger partial charge is 0.378 e. The summed E-state index contributed by atoms with van der Waals surface area (Å²) in [5.41, 5.74) is 1.86. The summed E-state index contributed by atoms with van der Waals surface area (Å²) >= 11 is 6.49. The summed E-state index contributed by atoms with van der Waals surface area (Å²) in [6.07, 6.45) is 3.43. The minimum absolute atomic E-state index is 0.131. The molecule has 4 heterocycles. The number of pyridine rings is 1. The Morgan fingerprint density at radius 2 is 2.03 bits per heavy atom. The Balaban J connectivity index is 1.55. The van der Waals surface area contributed by atoms with Gasteiger partial charge < -0.3 is 15.0 Å². The predicted octanol–water partition coefficient (Wildman–Crippen LogP) is 3.58. The van der Waals surface area contributed by atoms with Gasteiger partial charge in [-0.25, -0.2) is 9.97 Å². The molecular formula is C22H21ClN6O2. The maximum absolute atomic E-state index is 13.3. The molecule has 3 aromatic heterocycles. The van der Waals surface area contributed by atoms with E-state index in [2.05, 4.69) is 15.4 Å². The van der Waals surface area contributed by atoms with Crippen LogP contribution in [0.15, 0.2) is 48.8 Å². The first-order valence-electron chi connectivity index (χ1n) is 10.1. The van der Waals surface area contributed by atoms with E-state index in [1.807, 2.05) is 37.3 Å². The van der Waals surface area contributed by atoms with Crippen molar-refractivity contribution in [3.63, 3.8) is 0 Å². The summed E-state index contributed by atoms with van der Waals surface area (Å²) < 4.78 is 7.12. The van der Waals surface area contributed by atoms with Gasteiger partial charge in [-0.2, -0.15) is 9.61 Å². The number of rotatable bonds is 4. The molecule has 1 aliphatic heterocycles. The number of hydrogen-bond donors (Lipinski definition) is 1. The Morgan fingerprint density at radius 3 is 2.87 bits per heavy atom. The molecular weight excluding hydrogens is 416 g/mol. The van der Waals surface area contributed by atoms with Gasteiger partial charge in [0.15, 0.2) is 5.65 Å². The van der Waals surface area contributed by atoms with Crippen molar-refractivity contribution in [1.29, 1.82) is 0 Å². The third-order valence-electron chi connectivity index (χ3n) is 5.43. The van der Waals surface area contributed by atoms with Gasteiger partial charge >= 0.3 is 0 Å². The SMILES string of the molecule is C[C@H](Nc1ccnc2ccnn12)c1cc2cccc(Cl)c2c(C(=O)N2CCOCC2)n1. The van der Waals surface area contributed by atoms with Gasteiger partial charge in [0.1, 0.15) is 11.5 Å². The molecule has 0 unspecified atom stereocenters. The average molecular weight is 437 g/mol. The lowest BCUT2D eigenvalue weighted by Gasteiger charge is -2.27. The molecule has 4 aromatic rings. The van der Waals surface area contributed by atoms with Gasteiger partial charge in [0.2, 0.25) is 0 Å². The molecule has 1 N–H and O–H groups in total. The third kappa shape index (κ3) is 3.68. The Hall–Kier alpha value is -3.23. The minimum Gasteiger partial charge on any atom is -0.378 e. The molecule has 0 aliphatic carbocycles. The van der Waals surface area contributed by atoms with Gasteiger partial charge in [-0.3, -0.25) is 4.79 Å². The second kappa shape index (κ2) is 8.13. The van der Waals surface area contributed by atoms with Crippen molar-refractivity contribution in [2.24, 2.45) is 0 Å². The first kappa shape index (κ1) is 19.7. The van der Waals surface area contributed by atoms with Crippen LogP contribution in [0, 0.1) is 0 Å². The molecule has 1 aliphatic rings. The molecule has 0 saturated carbocycles. The molecule has 1 fully saturated rings. The zero-order valence-corrected chi connectivity index (χ0v) is 17.7. The van der Waals surface area contributed by atoms with Crippen molar-refractivity contribution in [2.75, 3.05) is 31.6 Å². The highest BCUT2D eigenvalue weighted by atomic mass is 35.5. The standard InChI is InChI=1S/C22H21ClN6O2/c1-14(26-19-5-7-24-18-6-8-25-29(18)19)17-13-15-3-2-4-16(23)20(15)21(27-17)22(30)28-9-11-31-12-10-28/h2-8,13-14,26H,9-12H2,1H3/t14-/m0/s1. The average Bonchev–Trinajstić information content (AvgIpc) is 3.28. The number of fused-ring (bicyclic) bond motifs is 2. The second-order valence-electron chi connectivity index (χ2n) is 7.44. The Labute approximate surface area is 183 Å². The number of nitrogens with zero attached hydrogens (tertiary/aromatic N) is 5. The zero-order valence-electron chi connectivity index (χ0n) is 17.0. The summed E-state index contributed by atoms with van der Waals surface area (Å²) in [5.74, 6) is 0.658.